The summed E-state index contributed by atoms with van der Waals surface area (Å²) in [6.07, 6.45) is 2.01. The Hall–Kier alpha value is -2.66. The Kier molecular flexibility index (Phi) is 5.09. The normalized spacial score (nSPS) is 11.9. The minimum absolute atomic E-state index is 0.0775. The first kappa shape index (κ1) is 20.3. The van der Waals surface area contributed by atoms with Crippen LogP contribution in [0.25, 0.3) is 15.9 Å². The van der Waals surface area contributed by atoms with Crippen molar-refractivity contribution in [3.63, 3.8) is 0 Å². The number of hydrogen-bond acceptors (Lipinski definition) is 8. The van der Waals surface area contributed by atoms with Gasteiger partial charge in [0.15, 0.2) is 11.5 Å². The summed E-state index contributed by atoms with van der Waals surface area (Å²) in [5.41, 5.74) is 1.74. The maximum Gasteiger partial charge on any atom is 0.229 e. The molecule has 31 heavy (non-hydrogen) atoms. The van der Waals surface area contributed by atoms with Gasteiger partial charge < -0.3 is 5.32 Å². The van der Waals surface area contributed by atoms with E-state index in [4.69, 9.17) is 11.6 Å². The van der Waals surface area contributed by atoms with Crippen LogP contribution in [0.15, 0.2) is 74.8 Å². The zero-order chi connectivity index (χ0) is 21.6. The number of nitrogens with one attached hydrogen (secondary N) is 1. The van der Waals surface area contributed by atoms with E-state index in [2.05, 4.69) is 20.6 Å². The highest BCUT2D eigenvalue weighted by Crippen LogP contribution is 2.33. The predicted molar refractivity (Wildman–Crippen MR) is 125 cm³/mol. The Morgan fingerprint density at radius 1 is 1.13 bits per heavy atom. The van der Waals surface area contributed by atoms with Gasteiger partial charge >= 0.3 is 0 Å². The molecule has 156 valence electrons. The Labute approximate surface area is 191 Å². The van der Waals surface area contributed by atoms with E-state index < -0.39 is 9.84 Å². The van der Waals surface area contributed by atoms with Crippen molar-refractivity contribution in [2.45, 2.75) is 14.8 Å². The number of thiophene rings is 1. The van der Waals surface area contributed by atoms with E-state index in [0.717, 1.165) is 20.8 Å². The second kappa shape index (κ2) is 7.79. The molecule has 0 spiro atoms. The van der Waals surface area contributed by atoms with E-state index in [9.17, 15) is 8.42 Å². The quantitative estimate of drug-likeness (QED) is 0.337. The molecule has 0 aliphatic rings. The third-order valence-electron chi connectivity index (χ3n) is 4.63. The first-order valence-corrected chi connectivity index (χ1v) is 13.0. The molecule has 0 bridgehead atoms. The lowest BCUT2D eigenvalue weighted by Crippen LogP contribution is -2.05. The van der Waals surface area contributed by atoms with Crippen LogP contribution in [-0.4, -0.2) is 34.5 Å². The number of sulfone groups is 1. The molecule has 0 atom stereocenters. The fourth-order valence-corrected chi connectivity index (χ4v) is 5.78. The summed E-state index contributed by atoms with van der Waals surface area (Å²) >= 11 is 9.03. The summed E-state index contributed by atoms with van der Waals surface area (Å²) in [7, 11) is -3.93. The van der Waals surface area contributed by atoms with Crippen LogP contribution < -0.4 is 5.32 Å². The van der Waals surface area contributed by atoms with E-state index in [1.165, 1.54) is 40.1 Å². The number of rotatable bonds is 5. The highest BCUT2D eigenvalue weighted by molar-refractivity contribution is 7.98. The van der Waals surface area contributed by atoms with E-state index in [1.807, 2.05) is 42.0 Å². The van der Waals surface area contributed by atoms with Gasteiger partial charge in [-0.15, -0.1) is 28.2 Å². The molecule has 11 heteroatoms. The summed E-state index contributed by atoms with van der Waals surface area (Å²) in [5.74, 6) is 0.547. The zero-order valence-corrected chi connectivity index (χ0v) is 19.2. The minimum Gasteiger partial charge on any atom is -0.339 e. The van der Waals surface area contributed by atoms with Crippen molar-refractivity contribution in [2.24, 2.45) is 0 Å². The molecule has 0 saturated heterocycles. The van der Waals surface area contributed by atoms with E-state index in [-0.39, 0.29) is 15.6 Å². The number of aromatic nitrogens is 4. The lowest BCUT2D eigenvalue weighted by Gasteiger charge is -2.09. The number of fused-ring (bicyclic) bond motifs is 3. The molecule has 0 aliphatic carbocycles. The smallest absolute Gasteiger partial charge is 0.229 e. The highest BCUT2D eigenvalue weighted by atomic mass is 35.5. The van der Waals surface area contributed by atoms with Crippen molar-refractivity contribution in [2.75, 3.05) is 11.6 Å². The molecule has 2 aromatic carbocycles. The third kappa shape index (κ3) is 3.55. The number of hydrogen-bond donors (Lipinski definition) is 1. The van der Waals surface area contributed by atoms with Gasteiger partial charge in [-0.2, -0.15) is 4.52 Å². The Morgan fingerprint density at radius 3 is 2.71 bits per heavy atom. The van der Waals surface area contributed by atoms with Crippen LogP contribution >= 0.6 is 34.7 Å². The van der Waals surface area contributed by atoms with Gasteiger partial charge in [0.25, 0.3) is 0 Å². The first-order chi connectivity index (χ1) is 15.0. The maximum atomic E-state index is 13.2. The average Bonchev–Trinajstić information content (AvgIpc) is 3.41. The average molecular weight is 488 g/mol. The van der Waals surface area contributed by atoms with E-state index in [1.54, 1.807) is 11.8 Å². The second-order valence-electron chi connectivity index (χ2n) is 6.54. The van der Waals surface area contributed by atoms with Gasteiger partial charge in [-0.25, -0.2) is 13.4 Å². The molecule has 3 aromatic heterocycles. The molecular formula is C20H14ClN5O2S3. The fourth-order valence-electron chi connectivity index (χ4n) is 3.15. The standard InChI is InChI=1S/C20H14ClN5O2S3/c1-29-14-4-2-3-13(11-14)22-18-17-16(9-10-30-17)26-19(23-18)20(24-25-26)31(27,28)15-7-5-12(21)6-8-15/h2-11H,1H3,(H,22,23). The maximum absolute atomic E-state index is 13.2. The Bertz CT molecular complexity index is 1530. The molecule has 0 fully saturated rings. The summed E-state index contributed by atoms with van der Waals surface area (Å²) < 4.78 is 28.8. The molecule has 0 amide bonds. The molecule has 0 saturated carbocycles. The topological polar surface area (TPSA) is 89.2 Å². The van der Waals surface area contributed by atoms with Gasteiger partial charge in [0, 0.05) is 15.6 Å². The first-order valence-electron chi connectivity index (χ1n) is 9.02. The molecule has 5 rings (SSSR count). The van der Waals surface area contributed by atoms with Gasteiger partial charge in [-0.05, 0) is 60.2 Å². The second-order valence-corrected chi connectivity index (χ2v) is 10.6. The summed E-state index contributed by atoms with van der Waals surface area (Å²) in [6, 6.07) is 15.7. The minimum atomic E-state index is -3.93. The van der Waals surface area contributed by atoms with Gasteiger partial charge in [0.05, 0.1) is 15.1 Å². The number of halogens is 1. The molecule has 0 unspecified atom stereocenters. The molecular weight excluding hydrogens is 474 g/mol. The fraction of sp³-hybridized carbons (Fsp3) is 0.0500. The summed E-state index contributed by atoms with van der Waals surface area (Å²) in [5, 5.41) is 13.5. The number of nitrogens with zero attached hydrogens (tertiary/aromatic N) is 4. The SMILES string of the molecule is CSc1cccc(Nc2nc3c(S(=O)(=O)c4ccc(Cl)cc4)nnn3c3ccsc23)c1. The van der Waals surface area contributed by atoms with Gasteiger partial charge in [-0.1, -0.05) is 22.9 Å². The molecule has 7 nitrogen and oxygen atoms in total. The van der Waals surface area contributed by atoms with Crippen LogP contribution in [0.3, 0.4) is 0 Å². The van der Waals surface area contributed by atoms with Crippen molar-refractivity contribution in [1.29, 1.82) is 0 Å². The highest BCUT2D eigenvalue weighted by Gasteiger charge is 2.27. The molecule has 1 N–H and O–H groups in total. The van der Waals surface area contributed by atoms with Crippen molar-refractivity contribution in [3.8, 4) is 0 Å². The van der Waals surface area contributed by atoms with Crippen LogP contribution in [0, 0.1) is 0 Å². The number of benzene rings is 2. The van der Waals surface area contributed by atoms with Gasteiger partial charge in [0.2, 0.25) is 14.9 Å². The monoisotopic (exact) mass is 487 g/mol. The van der Waals surface area contributed by atoms with Crippen LogP contribution in [0.5, 0.6) is 0 Å². The zero-order valence-electron chi connectivity index (χ0n) is 16.0. The van der Waals surface area contributed by atoms with Crippen LogP contribution in [0.4, 0.5) is 11.5 Å². The summed E-state index contributed by atoms with van der Waals surface area (Å²) in [6.45, 7) is 0. The van der Waals surface area contributed by atoms with Crippen LogP contribution in [0.1, 0.15) is 0 Å². The Morgan fingerprint density at radius 2 is 1.94 bits per heavy atom. The lowest BCUT2D eigenvalue weighted by atomic mass is 10.3. The molecule has 0 radical (unpaired) electrons. The van der Waals surface area contributed by atoms with Crippen LogP contribution in [0.2, 0.25) is 5.02 Å². The van der Waals surface area contributed by atoms with E-state index >= 15 is 0 Å². The van der Waals surface area contributed by atoms with Crippen molar-refractivity contribution in [3.05, 3.63) is 65.0 Å². The summed E-state index contributed by atoms with van der Waals surface area (Å²) in [4.78, 5) is 5.80. The van der Waals surface area contributed by atoms with Gasteiger partial charge in [0.1, 0.15) is 0 Å². The van der Waals surface area contributed by atoms with Gasteiger partial charge in [-0.3, -0.25) is 0 Å². The van der Waals surface area contributed by atoms with Crippen LogP contribution in [-0.2, 0) is 9.84 Å². The van der Waals surface area contributed by atoms with E-state index in [0.29, 0.717) is 10.8 Å². The molecule has 3 heterocycles. The third-order valence-corrected chi connectivity index (χ3v) is 8.19. The van der Waals surface area contributed by atoms with Crippen molar-refractivity contribution >= 4 is 71.9 Å². The Balaban J connectivity index is 1.69. The van der Waals surface area contributed by atoms with Crippen molar-refractivity contribution in [1.82, 2.24) is 19.8 Å². The molecule has 0 aliphatic heterocycles. The number of thioether (sulfide) groups is 1. The number of anilines is 2. The predicted octanol–water partition coefficient (Wildman–Crippen LogP) is 5.29. The largest absolute Gasteiger partial charge is 0.339 e. The van der Waals surface area contributed by atoms with Crippen molar-refractivity contribution < 1.29 is 8.42 Å². The lowest BCUT2D eigenvalue weighted by molar-refractivity contribution is 0.592. The molecule has 5 aromatic rings.